The molecular formula is C51H48N6O9. The first kappa shape index (κ1) is 42.6. The number of urea groups is 1. The molecule has 0 unspecified atom stereocenters. The second-order valence-electron chi connectivity index (χ2n) is 16.9. The number of benzene rings is 5. The van der Waals surface area contributed by atoms with Crippen molar-refractivity contribution in [3.63, 3.8) is 0 Å². The zero-order valence-corrected chi connectivity index (χ0v) is 35.9. The van der Waals surface area contributed by atoms with Gasteiger partial charge in [0.25, 0.3) is 0 Å². The zero-order chi connectivity index (χ0) is 45.4. The first-order valence-corrected chi connectivity index (χ1v) is 22.0. The van der Waals surface area contributed by atoms with Crippen LogP contribution in [0.3, 0.4) is 0 Å². The summed E-state index contributed by atoms with van der Waals surface area (Å²) in [6.07, 6.45) is -0.823. The number of hydrogen-bond acceptors (Lipinski definition) is 11. The number of fused-ring (bicyclic) bond motifs is 4. The molecule has 5 N–H and O–H groups in total. The number of rotatable bonds is 10. The van der Waals surface area contributed by atoms with Crippen LogP contribution in [-0.4, -0.2) is 102 Å². The van der Waals surface area contributed by atoms with Crippen LogP contribution < -0.4 is 30.6 Å². The maximum atomic E-state index is 16.0. The maximum absolute atomic E-state index is 16.0. The Hall–Kier alpha value is -7.38. The van der Waals surface area contributed by atoms with Crippen LogP contribution in [0.2, 0.25) is 0 Å². The number of aliphatic hydroxyl groups is 1. The van der Waals surface area contributed by atoms with Crippen LogP contribution in [0, 0.1) is 17.8 Å². The molecule has 5 aromatic carbocycles. The van der Waals surface area contributed by atoms with E-state index in [-0.39, 0.29) is 32.5 Å². The predicted molar refractivity (Wildman–Crippen MR) is 241 cm³/mol. The van der Waals surface area contributed by atoms with Crippen molar-refractivity contribution in [2.75, 3.05) is 58.0 Å². The molecule has 10 rings (SSSR count). The molecule has 5 aromatic rings. The summed E-state index contributed by atoms with van der Waals surface area (Å²) in [4.78, 5) is 64.4. The minimum atomic E-state index is -1.71. The summed E-state index contributed by atoms with van der Waals surface area (Å²) >= 11 is 0. The first-order valence-electron chi connectivity index (χ1n) is 22.0. The van der Waals surface area contributed by atoms with Crippen molar-refractivity contribution in [1.29, 1.82) is 0 Å². The normalized spacial score (nSPS) is 24.1. The van der Waals surface area contributed by atoms with Crippen molar-refractivity contribution in [1.82, 2.24) is 20.0 Å². The van der Waals surface area contributed by atoms with E-state index in [2.05, 4.69) is 32.3 Å². The molecule has 0 bridgehead atoms. The number of ether oxygens (including phenoxy) is 4. The van der Waals surface area contributed by atoms with E-state index in [1.165, 1.54) is 0 Å². The number of nitrogens with two attached hydrogens (primary N) is 1. The number of nitrogens with one attached hydrogen (secondary N) is 2. The Kier molecular flexibility index (Phi) is 11.5. The summed E-state index contributed by atoms with van der Waals surface area (Å²) in [5.74, 6) is 5.27. The summed E-state index contributed by atoms with van der Waals surface area (Å²) in [5.41, 5.74) is 8.42. The Labute approximate surface area is 381 Å². The molecule has 0 saturated carbocycles. The van der Waals surface area contributed by atoms with E-state index in [4.69, 9.17) is 24.7 Å². The van der Waals surface area contributed by atoms with Gasteiger partial charge in [-0.3, -0.25) is 24.2 Å². The highest BCUT2D eigenvalue weighted by molar-refractivity contribution is 6.12. The summed E-state index contributed by atoms with van der Waals surface area (Å²) in [6, 6.07) is 34.3. The molecule has 15 nitrogen and oxygen atoms in total. The number of piperazine rings is 1. The fraction of sp³-hybridized carbons (Fsp3) is 0.294. The number of morpholine rings is 1. The molecule has 5 heterocycles. The van der Waals surface area contributed by atoms with Gasteiger partial charge in [0, 0.05) is 44.0 Å². The third kappa shape index (κ3) is 7.62. The van der Waals surface area contributed by atoms with E-state index in [9.17, 15) is 9.90 Å². The molecule has 0 aliphatic carbocycles. The lowest BCUT2D eigenvalue weighted by Crippen LogP contribution is -2.58. The van der Waals surface area contributed by atoms with Gasteiger partial charge in [-0.2, -0.15) is 0 Å². The SMILES string of the molecule is NC(=O)NCC#Cc1ccc2c(c1)[C@]1(C(=O)N2)[C@H](c2ccc(OCCO)cc2)N2[C@H](c3ccccc3)[C@H](c3ccccc3)OC(=O)[C@H]2[C@@H]1C(=O)N1CCN(Cc2ccc3c(c2)OCO3)CC1. The van der Waals surface area contributed by atoms with Crippen molar-refractivity contribution < 1.29 is 43.2 Å². The second-order valence-corrected chi connectivity index (χ2v) is 16.9. The van der Waals surface area contributed by atoms with Gasteiger partial charge in [-0.25, -0.2) is 4.79 Å². The van der Waals surface area contributed by atoms with Gasteiger partial charge >= 0.3 is 12.0 Å². The number of hydrogen-bond donors (Lipinski definition) is 4. The van der Waals surface area contributed by atoms with Gasteiger partial charge in [0.1, 0.15) is 29.9 Å². The molecule has 0 aromatic heterocycles. The molecule has 5 aliphatic rings. The van der Waals surface area contributed by atoms with Crippen molar-refractivity contribution >= 4 is 29.5 Å². The van der Waals surface area contributed by atoms with Crippen LogP contribution in [0.4, 0.5) is 10.5 Å². The summed E-state index contributed by atoms with van der Waals surface area (Å²) in [6.45, 7) is 2.49. The molecule has 6 atom stereocenters. The molecule has 66 heavy (non-hydrogen) atoms. The molecule has 4 amide bonds. The van der Waals surface area contributed by atoms with Gasteiger partial charge in [-0.15, -0.1) is 0 Å². The van der Waals surface area contributed by atoms with Gasteiger partial charge in [0.2, 0.25) is 18.6 Å². The Morgan fingerprint density at radius 1 is 0.833 bits per heavy atom. The highest BCUT2D eigenvalue weighted by Gasteiger charge is 2.74. The quantitative estimate of drug-likeness (QED) is 0.115. The van der Waals surface area contributed by atoms with Crippen LogP contribution in [-0.2, 0) is 31.1 Å². The van der Waals surface area contributed by atoms with Crippen LogP contribution >= 0.6 is 0 Å². The number of cyclic esters (lactones) is 1. The van der Waals surface area contributed by atoms with Crippen molar-refractivity contribution in [2.45, 2.75) is 36.2 Å². The zero-order valence-electron chi connectivity index (χ0n) is 35.9. The minimum absolute atomic E-state index is 0.00879. The number of carbonyl (C=O) groups excluding carboxylic acids is 4. The molecular weight excluding hydrogens is 841 g/mol. The lowest BCUT2D eigenvalue weighted by atomic mass is 9.65. The Bertz CT molecular complexity index is 2720. The minimum Gasteiger partial charge on any atom is -0.491 e. The summed E-state index contributed by atoms with van der Waals surface area (Å²) < 4.78 is 23.5. The summed E-state index contributed by atoms with van der Waals surface area (Å²) in [7, 11) is 0. The number of anilines is 1. The number of esters is 1. The van der Waals surface area contributed by atoms with E-state index in [0.717, 1.165) is 16.7 Å². The highest BCUT2D eigenvalue weighted by Crippen LogP contribution is 2.65. The highest BCUT2D eigenvalue weighted by atomic mass is 16.7. The lowest BCUT2D eigenvalue weighted by Gasteiger charge is -2.46. The van der Waals surface area contributed by atoms with Crippen LogP contribution in [0.5, 0.6) is 17.2 Å². The van der Waals surface area contributed by atoms with Gasteiger partial charge in [0.05, 0.1) is 31.2 Å². The number of amides is 4. The van der Waals surface area contributed by atoms with E-state index in [1.54, 1.807) is 29.2 Å². The smallest absolute Gasteiger partial charge is 0.324 e. The average Bonchev–Trinajstić information content (AvgIpc) is 4.03. The monoisotopic (exact) mass is 888 g/mol. The van der Waals surface area contributed by atoms with E-state index in [1.807, 2.05) is 97.1 Å². The Balaban J connectivity index is 1.13. The van der Waals surface area contributed by atoms with Crippen LogP contribution in [0.15, 0.2) is 121 Å². The van der Waals surface area contributed by atoms with Gasteiger partial charge in [-0.05, 0) is 70.3 Å². The van der Waals surface area contributed by atoms with E-state index in [0.29, 0.717) is 72.4 Å². The largest absolute Gasteiger partial charge is 0.491 e. The molecule has 3 saturated heterocycles. The Morgan fingerprint density at radius 2 is 1.56 bits per heavy atom. The standard InChI is InChI=1S/C51H48N6O9/c52-50(62)53-21-7-8-32-13-19-39-38(28-32)51(49(61)54-39)42(47(59)56-24-22-55(23-25-56)30-33-14-20-40-41(29-33)65-31-64-40)44-48(60)66-45(35-11-5-2-6-12-35)43(34-9-3-1-4-10-34)57(44)46(51)36-15-17-37(18-16-36)63-27-26-58/h1-6,9-20,28-29,42-46,58H,21-27,30-31H2,(H,54,61)(H3,52,53,62)/t42-,43-,44-,45+,46+,51-/m1/s1. The fourth-order valence-corrected chi connectivity index (χ4v) is 10.5. The number of carbonyl (C=O) groups is 4. The third-order valence-electron chi connectivity index (χ3n) is 13.2. The topological polar surface area (TPSA) is 185 Å². The third-order valence-corrected chi connectivity index (χ3v) is 13.2. The molecule has 1 spiro atoms. The molecule has 5 aliphatic heterocycles. The van der Waals surface area contributed by atoms with Gasteiger partial charge in [0.15, 0.2) is 11.5 Å². The van der Waals surface area contributed by atoms with E-state index >= 15 is 14.4 Å². The van der Waals surface area contributed by atoms with Crippen LogP contribution in [0.1, 0.15) is 51.6 Å². The Morgan fingerprint density at radius 3 is 2.29 bits per heavy atom. The van der Waals surface area contributed by atoms with Crippen molar-refractivity contribution in [3.8, 4) is 29.1 Å². The number of primary amides is 1. The van der Waals surface area contributed by atoms with E-state index < -0.39 is 53.5 Å². The average molecular weight is 889 g/mol. The second kappa shape index (κ2) is 17.9. The lowest BCUT2D eigenvalue weighted by molar-refractivity contribution is -0.179. The fourth-order valence-electron chi connectivity index (χ4n) is 10.5. The van der Waals surface area contributed by atoms with Crippen LogP contribution in [0.25, 0.3) is 0 Å². The molecule has 15 heteroatoms. The van der Waals surface area contributed by atoms with Gasteiger partial charge < -0.3 is 45.3 Å². The number of aliphatic hydroxyl groups excluding tert-OH is 1. The molecule has 0 radical (unpaired) electrons. The summed E-state index contributed by atoms with van der Waals surface area (Å²) in [5, 5.41) is 15.2. The first-order chi connectivity index (χ1) is 32.2. The molecule has 336 valence electrons. The number of nitrogens with zero attached hydrogens (tertiary/aromatic N) is 3. The van der Waals surface area contributed by atoms with Crippen molar-refractivity contribution in [2.24, 2.45) is 11.7 Å². The predicted octanol–water partition coefficient (Wildman–Crippen LogP) is 4.42. The maximum Gasteiger partial charge on any atom is 0.324 e. The van der Waals surface area contributed by atoms with Gasteiger partial charge in [-0.1, -0.05) is 90.7 Å². The molecule has 3 fully saturated rings. The van der Waals surface area contributed by atoms with Crippen molar-refractivity contribution in [3.05, 3.63) is 155 Å².